The zero-order valence-electron chi connectivity index (χ0n) is 24.6. The molecule has 0 aliphatic carbocycles. The molecule has 0 fully saturated rings. The van der Waals surface area contributed by atoms with E-state index in [4.69, 9.17) is 4.42 Å². The fourth-order valence-electron chi connectivity index (χ4n) is 6.95. The van der Waals surface area contributed by atoms with Crippen LogP contribution in [0.4, 0.5) is 0 Å². The van der Waals surface area contributed by atoms with E-state index in [-0.39, 0.29) is 0 Å². The summed E-state index contributed by atoms with van der Waals surface area (Å²) in [6.45, 7) is 0. The van der Waals surface area contributed by atoms with Gasteiger partial charge in [-0.25, -0.2) is 0 Å². The second-order valence-electron chi connectivity index (χ2n) is 11.7. The maximum atomic E-state index is 6.20. The summed E-state index contributed by atoms with van der Waals surface area (Å²) in [4.78, 5) is 0. The second-order valence-corrected chi connectivity index (χ2v) is 11.7. The molecular formula is C44H28O. The summed E-state index contributed by atoms with van der Waals surface area (Å²) in [6.07, 6.45) is 0. The van der Waals surface area contributed by atoms with Crippen LogP contribution in [0.25, 0.3) is 88.0 Å². The molecule has 0 spiro atoms. The van der Waals surface area contributed by atoms with E-state index < -0.39 is 0 Å². The van der Waals surface area contributed by atoms with Crippen LogP contribution in [-0.2, 0) is 0 Å². The highest BCUT2D eigenvalue weighted by atomic mass is 16.3. The lowest BCUT2D eigenvalue weighted by Gasteiger charge is -2.19. The average Bonchev–Trinajstić information content (AvgIpc) is 3.49. The molecule has 1 heteroatoms. The molecule has 0 unspecified atom stereocenters. The minimum Gasteiger partial charge on any atom is -0.456 e. The Labute approximate surface area is 261 Å². The first-order valence-corrected chi connectivity index (χ1v) is 15.4. The van der Waals surface area contributed by atoms with Crippen LogP contribution in [0.15, 0.2) is 174 Å². The van der Waals surface area contributed by atoms with Crippen molar-refractivity contribution in [1.82, 2.24) is 0 Å². The quantitative estimate of drug-likeness (QED) is 0.191. The maximum absolute atomic E-state index is 6.20. The van der Waals surface area contributed by atoms with Crippen LogP contribution in [0.1, 0.15) is 0 Å². The van der Waals surface area contributed by atoms with Crippen molar-refractivity contribution < 1.29 is 4.42 Å². The van der Waals surface area contributed by atoms with Gasteiger partial charge in [-0.1, -0.05) is 146 Å². The van der Waals surface area contributed by atoms with Gasteiger partial charge in [0, 0.05) is 10.8 Å². The van der Waals surface area contributed by atoms with Crippen LogP contribution in [0.3, 0.4) is 0 Å². The summed E-state index contributed by atoms with van der Waals surface area (Å²) in [5, 5.41) is 7.25. The molecule has 0 N–H and O–H groups in total. The van der Waals surface area contributed by atoms with Gasteiger partial charge >= 0.3 is 0 Å². The predicted molar refractivity (Wildman–Crippen MR) is 190 cm³/mol. The molecule has 1 heterocycles. The number of fused-ring (bicyclic) bond motifs is 5. The molecule has 9 rings (SSSR count). The van der Waals surface area contributed by atoms with E-state index in [1.807, 2.05) is 12.1 Å². The van der Waals surface area contributed by atoms with Gasteiger partial charge in [-0.2, -0.15) is 0 Å². The molecule has 0 saturated heterocycles. The first-order chi connectivity index (χ1) is 22.3. The van der Waals surface area contributed by atoms with Crippen molar-refractivity contribution in [2.45, 2.75) is 0 Å². The standard InChI is InChI=1S/C44H28O/c1-3-11-29(12-4-1)31-19-21-32(22-20-31)43-36-16-7-8-17-37(36)44(38-25-23-33(27-40(38)43)30-13-5-2-6-14-30)34-24-26-42-39(28-34)35-15-9-10-18-41(35)45-42/h1-28H. The van der Waals surface area contributed by atoms with Gasteiger partial charge in [-0.05, 0) is 90.3 Å². The Morgan fingerprint density at radius 1 is 0.244 bits per heavy atom. The molecule has 1 nitrogen and oxygen atoms in total. The van der Waals surface area contributed by atoms with Crippen molar-refractivity contribution in [1.29, 1.82) is 0 Å². The lowest BCUT2D eigenvalue weighted by molar-refractivity contribution is 0.669. The van der Waals surface area contributed by atoms with Crippen LogP contribution in [0.2, 0.25) is 0 Å². The summed E-state index contributed by atoms with van der Waals surface area (Å²) in [7, 11) is 0. The predicted octanol–water partition coefficient (Wildman–Crippen LogP) is 12.6. The minimum atomic E-state index is 0.912. The smallest absolute Gasteiger partial charge is 0.135 e. The molecule has 8 aromatic carbocycles. The third-order valence-corrected chi connectivity index (χ3v) is 9.08. The number of furan rings is 1. The Balaban J connectivity index is 1.35. The maximum Gasteiger partial charge on any atom is 0.135 e. The number of rotatable bonds is 4. The summed E-state index contributed by atoms with van der Waals surface area (Å²) >= 11 is 0. The number of hydrogen-bond acceptors (Lipinski definition) is 1. The van der Waals surface area contributed by atoms with Crippen LogP contribution < -0.4 is 0 Å². The van der Waals surface area contributed by atoms with Gasteiger partial charge in [0.2, 0.25) is 0 Å². The van der Waals surface area contributed by atoms with E-state index in [9.17, 15) is 0 Å². The average molecular weight is 573 g/mol. The summed E-state index contributed by atoms with van der Waals surface area (Å²) in [5.41, 5.74) is 11.6. The van der Waals surface area contributed by atoms with E-state index >= 15 is 0 Å². The topological polar surface area (TPSA) is 13.1 Å². The highest BCUT2D eigenvalue weighted by molar-refractivity contribution is 6.22. The Morgan fingerprint density at radius 3 is 1.40 bits per heavy atom. The number of hydrogen-bond donors (Lipinski definition) is 0. The molecule has 210 valence electrons. The van der Waals surface area contributed by atoms with Crippen LogP contribution in [0.5, 0.6) is 0 Å². The Bertz CT molecular complexity index is 2500. The normalized spacial score (nSPS) is 11.6. The lowest BCUT2D eigenvalue weighted by Crippen LogP contribution is -1.92. The van der Waals surface area contributed by atoms with Gasteiger partial charge in [-0.15, -0.1) is 0 Å². The third-order valence-electron chi connectivity index (χ3n) is 9.08. The van der Waals surface area contributed by atoms with Crippen LogP contribution >= 0.6 is 0 Å². The van der Waals surface area contributed by atoms with E-state index in [1.54, 1.807) is 0 Å². The molecule has 45 heavy (non-hydrogen) atoms. The fraction of sp³-hybridized carbons (Fsp3) is 0. The fourth-order valence-corrected chi connectivity index (χ4v) is 6.95. The van der Waals surface area contributed by atoms with E-state index in [0.29, 0.717) is 0 Å². The molecule has 1 aromatic heterocycles. The largest absolute Gasteiger partial charge is 0.456 e. The van der Waals surface area contributed by atoms with Crippen molar-refractivity contribution in [3.8, 4) is 44.5 Å². The highest BCUT2D eigenvalue weighted by Gasteiger charge is 2.19. The number of benzene rings is 8. The molecular weight excluding hydrogens is 544 g/mol. The zero-order chi connectivity index (χ0) is 29.7. The molecule has 0 saturated carbocycles. The van der Waals surface area contributed by atoms with Gasteiger partial charge in [0.15, 0.2) is 0 Å². The molecule has 0 aliphatic heterocycles. The van der Waals surface area contributed by atoms with E-state index in [1.165, 1.54) is 66.1 Å². The molecule has 0 bridgehead atoms. The van der Waals surface area contributed by atoms with Gasteiger partial charge in [0.1, 0.15) is 11.2 Å². The minimum absolute atomic E-state index is 0.912. The lowest BCUT2D eigenvalue weighted by atomic mass is 9.84. The molecule has 0 atom stereocenters. The molecule has 0 aliphatic rings. The SMILES string of the molecule is c1ccc(-c2ccc(-c3c4ccccc4c(-c4ccc5oc6ccccc6c5c4)c4ccc(-c5ccccc5)cc34)cc2)cc1. The van der Waals surface area contributed by atoms with Crippen molar-refractivity contribution in [3.63, 3.8) is 0 Å². The first-order valence-electron chi connectivity index (χ1n) is 15.4. The van der Waals surface area contributed by atoms with Crippen LogP contribution in [0, 0.1) is 0 Å². The Morgan fingerprint density at radius 2 is 0.689 bits per heavy atom. The Hall–Kier alpha value is -5.92. The monoisotopic (exact) mass is 572 g/mol. The van der Waals surface area contributed by atoms with Crippen molar-refractivity contribution >= 4 is 43.5 Å². The van der Waals surface area contributed by atoms with Crippen LogP contribution in [-0.4, -0.2) is 0 Å². The zero-order valence-corrected chi connectivity index (χ0v) is 24.6. The van der Waals surface area contributed by atoms with E-state index in [2.05, 4.69) is 158 Å². The Kier molecular flexibility index (Phi) is 5.89. The van der Waals surface area contributed by atoms with Gasteiger partial charge in [-0.3, -0.25) is 0 Å². The van der Waals surface area contributed by atoms with Crippen molar-refractivity contribution in [2.75, 3.05) is 0 Å². The van der Waals surface area contributed by atoms with Gasteiger partial charge in [0.25, 0.3) is 0 Å². The van der Waals surface area contributed by atoms with Crippen molar-refractivity contribution in [2.24, 2.45) is 0 Å². The molecule has 0 amide bonds. The first kappa shape index (κ1) is 25.6. The van der Waals surface area contributed by atoms with Gasteiger partial charge in [0.05, 0.1) is 0 Å². The third kappa shape index (κ3) is 4.24. The summed E-state index contributed by atoms with van der Waals surface area (Å²) in [6, 6.07) is 61.1. The highest BCUT2D eigenvalue weighted by Crippen LogP contribution is 2.46. The second kappa shape index (κ2) is 10.4. The van der Waals surface area contributed by atoms with Crippen molar-refractivity contribution in [3.05, 3.63) is 170 Å². The summed E-state index contributed by atoms with van der Waals surface area (Å²) < 4.78 is 6.20. The van der Waals surface area contributed by atoms with E-state index in [0.717, 1.165) is 21.9 Å². The van der Waals surface area contributed by atoms with Gasteiger partial charge < -0.3 is 4.42 Å². The molecule has 9 aromatic rings. The summed E-state index contributed by atoms with van der Waals surface area (Å²) in [5.74, 6) is 0. The number of para-hydroxylation sites is 1. The molecule has 0 radical (unpaired) electrons.